The predicted molar refractivity (Wildman–Crippen MR) is 217 cm³/mol. The Labute approximate surface area is 316 Å². The second-order valence-corrected chi connectivity index (χ2v) is 16.4. The Morgan fingerprint density at radius 2 is 1.11 bits per heavy atom. The minimum absolute atomic E-state index is 0.0141. The maximum Gasteiger partial charge on any atom is 0.164 e. The van der Waals surface area contributed by atoms with Gasteiger partial charge >= 0.3 is 0 Å². The smallest absolute Gasteiger partial charge is 0.164 e. The van der Waals surface area contributed by atoms with Crippen LogP contribution in [0.4, 0.5) is 0 Å². The van der Waals surface area contributed by atoms with Gasteiger partial charge in [0.25, 0.3) is 0 Å². The van der Waals surface area contributed by atoms with Crippen molar-refractivity contribution in [3.05, 3.63) is 149 Å². The fourth-order valence-corrected chi connectivity index (χ4v) is 11.5. The molecule has 0 saturated heterocycles. The third-order valence-corrected chi connectivity index (χ3v) is 13.8. The van der Waals surface area contributed by atoms with Crippen LogP contribution in [0.15, 0.2) is 121 Å². The van der Waals surface area contributed by atoms with E-state index in [2.05, 4.69) is 117 Å². The molecule has 1 spiro atoms. The summed E-state index contributed by atoms with van der Waals surface area (Å²) in [5.74, 6) is 5.01. The van der Waals surface area contributed by atoms with Crippen molar-refractivity contribution in [3.63, 3.8) is 0 Å². The van der Waals surface area contributed by atoms with E-state index >= 15 is 0 Å². The van der Waals surface area contributed by atoms with Crippen molar-refractivity contribution in [2.75, 3.05) is 0 Å². The van der Waals surface area contributed by atoms with Gasteiger partial charge < -0.3 is 0 Å². The summed E-state index contributed by atoms with van der Waals surface area (Å²) in [6.45, 7) is 4.28. The topological polar surface area (TPSA) is 62.5 Å². The first-order valence-corrected chi connectivity index (χ1v) is 19.6. The van der Waals surface area contributed by atoms with Crippen molar-refractivity contribution in [1.82, 2.24) is 15.0 Å². The molecule has 7 aromatic rings. The lowest BCUT2D eigenvalue weighted by atomic mass is 9.43. The van der Waals surface area contributed by atoms with Gasteiger partial charge in [-0.25, -0.2) is 15.0 Å². The molecule has 4 saturated carbocycles. The fourth-order valence-electron chi connectivity index (χ4n) is 11.5. The third-order valence-electron chi connectivity index (χ3n) is 13.8. The Bertz CT molecular complexity index is 2690. The highest BCUT2D eigenvalue weighted by atomic mass is 15.0. The number of rotatable bonds is 4. The molecule has 12 rings (SSSR count). The van der Waals surface area contributed by atoms with Crippen LogP contribution in [0.1, 0.15) is 59.9 Å². The molecule has 5 aliphatic carbocycles. The summed E-state index contributed by atoms with van der Waals surface area (Å²) in [5.41, 5.74) is 14.2. The van der Waals surface area contributed by atoms with Gasteiger partial charge in [-0.3, -0.25) is 0 Å². The molecule has 4 heteroatoms. The molecule has 4 fully saturated rings. The van der Waals surface area contributed by atoms with E-state index in [-0.39, 0.29) is 5.41 Å². The number of nitrogens with zero attached hydrogens (tertiary/aromatic N) is 4. The fraction of sp³-hybridized carbons (Fsp3) is 0.240. The van der Waals surface area contributed by atoms with E-state index < -0.39 is 0 Å². The number of fused-ring (bicyclic) bond motifs is 4. The van der Waals surface area contributed by atoms with Crippen molar-refractivity contribution in [2.24, 2.45) is 23.7 Å². The van der Waals surface area contributed by atoms with Crippen LogP contribution in [0.25, 0.3) is 67.2 Å². The van der Waals surface area contributed by atoms with Crippen LogP contribution in [0.5, 0.6) is 0 Å². The normalized spacial score (nSPS) is 23.1. The molecule has 54 heavy (non-hydrogen) atoms. The molecule has 6 aromatic carbocycles. The SMILES string of the molecule is Cc1cccc(-c2nc(-c3ccccc3)nc(-c3cccc4c(-c5ccc6c(c5)C5(c7cc(C#N)ccc7-6)C6CC7CC(C6)CC5C7)cccc34)n2)c1C. The van der Waals surface area contributed by atoms with Gasteiger partial charge in [0.05, 0.1) is 11.6 Å². The van der Waals surface area contributed by atoms with Crippen molar-refractivity contribution < 1.29 is 0 Å². The van der Waals surface area contributed by atoms with E-state index in [1.165, 1.54) is 82.0 Å². The Balaban J connectivity index is 1.09. The molecule has 0 aliphatic heterocycles. The molecule has 1 heterocycles. The van der Waals surface area contributed by atoms with Crippen LogP contribution >= 0.6 is 0 Å². The molecule has 0 amide bonds. The molecule has 0 radical (unpaired) electrons. The summed E-state index contributed by atoms with van der Waals surface area (Å²) in [6.07, 6.45) is 6.66. The molecule has 4 nitrogen and oxygen atoms in total. The lowest BCUT2D eigenvalue weighted by Gasteiger charge is -2.61. The zero-order valence-electron chi connectivity index (χ0n) is 30.7. The van der Waals surface area contributed by atoms with Gasteiger partial charge in [-0.2, -0.15) is 5.26 Å². The third kappa shape index (κ3) is 4.51. The van der Waals surface area contributed by atoms with E-state index in [1.807, 2.05) is 24.3 Å². The van der Waals surface area contributed by atoms with Crippen molar-refractivity contribution in [2.45, 2.75) is 51.4 Å². The van der Waals surface area contributed by atoms with E-state index in [9.17, 15) is 5.26 Å². The summed E-state index contributed by atoms with van der Waals surface area (Å²) in [4.78, 5) is 15.4. The van der Waals surface area contributed by atoms with Crippen LogP contribution in [-0.4, -0.2) is 15.0 Å². The molecule has 5 aliphatic rings. The highest BCUT2D eigenvalue weighted by molar-refractivity contribution is 6.04. The number of nitriles is 1. The van der Waals surface area contributed by atoms with Crippen LogP contribution < -0.4 is 0 Å². The average molecular weight is 697 g/mol. The summed E-state index contributed by atoms with van der Waals surface area (Å²) < 4.78 is 0. The standard InChI is InChI=1S/C50H40N4/c1-29-9-6-12-38(30(29)2)48-52-47(34-10-4-3-5-11-34)53-49(54-48)44-16-8-14-40-39(13-7-15-41(40)44)35-18-20-43-42-19-17-31(28-51)26-45(42)50(46(43)27-35)36-22-32-21-33(24-36)25-37(50)23-32/h3-20,26-27,32-33,36-37H,21-25H2,1-2H3. The number of aryl methyl sites for hydroxylation is 1. The lowest BCUT2D eigenvalue weighted by molar-refractivity contribution is -0.0399. The van der Waals surface area contributed by atoms with Gasteiger partial charge in [-0.05, 0) is 143 Å². The maximum atomic E-state index is 10.0. The van der Waals surface area contributed by atoms with Crippen LogP contribution in [0.3, 0.4) is 0 Å². The van der Waals surface area contributed by atoms with E-state index in [0.29, 0.717) is 29.3 Å². The summed E-state index contributed by atoms with van der Waals surface area (Å²) in [7, 11) is 0. The van der Waals surface area contributed by atoms with E-state index in [0.717, 1.165) is 39.5 Å². The first kappa shape index (κ1) is 31.6. The van der Waals surface area contributed by atoms with Gasteiger partial charge in [0.1, 0.15) is 0 Å². The van der Waals surface area contributed by atoms with Gasteiger partial charge in [-0.15, -0.1) is 0 Å². The highest BCUT2D eigenvalue weighted by Gasteiger charge is 2.61. The average Bonchev–Trinajstić information content (AvgIpc) is 3.49. The highest BCUT2D eigenvalue weighted by Crippen LogP contribution is 2.69. The number of hydrogen-bond donors (Lipinski definition) is 0. The Kier molecular flexibility index (Phi) is 6.90. The molecular formula is C50H40N4. The first-order valence-electron chi connectivity index (χ1n) is 19.6. The van der Waals surface area contributed by atoms with Crippen LogP contribution in [0, 0.1) is 48.9 Å². The predicted octanol–water partition coefficient (Wildman–Crippen LogP) is 11.9. The van der Waals surface area contributed by atoms with Crippen molar-refractivity contribution in [1.29, 1.82) is 5.26 Å². The number of hydrogen-bond acceptors (Lipinski definition) is 4. The Hall–Kier alpha value is -5.92. The zero-order valence-corrected chi connectivity index (χ0v) is 30.7. The minimum atomic E-state index is -0.0141. The molecule has 0 N–H and O–H groups in total. The first-order chi connectivity index (χ1) is 26.5. The molecule has 4 bridgehead atoms. The monoisotopic (exact) mass is 696 g/mol. The van der Waals surface area contributed by atoms with Crippen molar-refractivity contribution in [3.8, 4) is 62.5 Å². The minimum Gasteiger partial charge on any atom is -0.208 e. The molecule has 1 aromatic heterocycles. The largest absolute Gasteiger partial charge is 0.208 e. The number of aromatic nitrogens is 3. The molecule has 260 valence electrons. The second kappa shape index (κ2) is 11.8. The summed E-state index contributed by atoms with van der Waals surface area (Å²) in [6, 6.07) is 46.0. The van der Waals surface area contributed by atoms with Gasteiger partial charge in [0.15, 0.2) is 17.5 Å². The summed E-state index contributed by atoms with van der Waals surface area (Å²) in [5, 5.41) is 12.3. The van der Waals surface area contributed by atoms with Crippen LogP contribution in [0.2, 0.25) is 0 Å². The van der Waals surface area contributed by atoms with E-state index in [1.54, 1.807) is 0 Å². The quantitative estimate of drug-likeness (QED) is 0.184. The summed E-state index contributed by atoms with van der Waals surface area (Å²) >= 11 is 0. The molecule has 0 atom stereocenters. The molecule has 0 unspecified atom stereocenters. The maximum absolute atomic E-state index is 10.0. The van der Waals surface area contributed by atoms with Crippen LogP contribution in [-0.2, 0) is 5.41 Å². The van der Waals surface area contributed by atoms with Gasteiger partial charge in [-0.1, -0.05) is 103 Å². The van der Waals surface area contributed by atoms with Crippen molar-refractivity contribution >= 4 is 10.8 Å². The van der Waals surface area contributed by atoms with Gasteiger partial charge in [0, 0.05) is 22.1 Å². The molecular weight excluding hydrogens is 657 g/mol. The second-order valence-electron chi connectivity index (χ2n) is 16.4. The van der Waals surface area contributed by atoms with Gasteiger partial charge in [0.2, 0.25) is 0 Å². The number of benzene rings is 6. The lowest BCUT2D eigenvalue weighted by Crippen LogP contribution is -2.55. The Morgan fingerprint density at radius 1 is 0.519 bits per heavy atom. The Morgan fingerprint density at radius 3 is 1.83 bits per heavy atom. The zero-order chi connectivity index (χ0) is 36.1. The van der Waals surface area contributed by atoms with E-state index in [4.69, 9.17) is 15.0 Å².